The third-order valence-electron chi connectivity index (χ3n) is 3.78. The van der Waals surface area contributed by atoms with E-state index in [-0.39, 0.29) is 24.1 Å². The number of halogens is 1. The van der Waals surface area contributed by atoms with E-state index in [1.807, 2.05) is 0 Å². The van der Waals surface area contributed by atoms with Gasteiger partial charge >= 0.3 is 0 Å². The fourth-order valence-corrected chi connectivity index (χ4v) is 2.43. The molecular weight excluding hydrogens is 351 g/mol. The van der Waals surface area contributed by atoms with Crippen molar-refractivity contribution in [3.05, 3.63) is 89.8 Å². The molecule has 0 N–H and O–H groups in total. The van der Waals surface area contributed by atoms with Gasteiger partial charge in [-0.15, -0.1) is 10.2 Å². The first-order valence-electron chi connectivity index (χ1n) is 8.08. The number of carbonyl (C=O) groups is 1. The van der Waals surface area contributed by atoms with Crippen molar-refractivity contribution in [2.75, 3.05) is 0 Å². The lowest BCUT2D eigenvalue weighted by atomic mass is 10.0. The number of furan rings is 1. The normalized spacial score (nSPS) is 10.7. The highest BCUT2D eigenvalue weighted by Gasteiger charge is 2.12. The molecule has 0 unspecified atom stereocenters. The van der Waals surface area contributed by atoms with Crippen molar-refractivity contribution in [2.24, 2.45) is 0 Å². The Labute approximate surface area is 153 Å². The summed E-state index contributed by atoms with van der Waals surface area (Å²) in [5, 5.41) is 7.78. The third kappa shape index (κ3) is 3.77. The molecule has 134 valence electrons. The topological polar surface area (TPSA) is 78.4 Å². The Balaban J connectivity index is 1.39. The van der Waals surface area contributed by atoms with Gasteiger partial charge in [0.2, 0.25) is 0 Å². The standard InChI is InChI=1S/C20H13FN2O4/c21-15-7-3-13(4-8-15)19(24)14-5-9-16(10-6-14)26-12-18-22-23-20(27-18)17-2-1-11-25-17/h1-11H,12H2. The monoisotopic (exact) mass is 364 g/mol. The molecule has 2 heterocycles. The molecule has 27 heavy (non-hydrogen) atoms. The van der Waals surface area contributed by atoms with Crippen LogP contribution in [0.1, 0.15) is 21.8 Å². The smallest absolute Gasteiger partial charge is 0.283 e. The molecule has 0 radical (unpaired) electrons. The number of hydrogen-bond acceptors (Lipinski definition) is 6. The minimum atomic E-state index is -0.383. The van der Waals surface area contributed by atoms with Gasteiger partial charge in [0.05, 0.1) is 6.26 Å². The van der Waals surface area contributed by atoms with Crippen molar-refractivity contribution in [1.29, 1.82) is 0 Å². The Kier molecular flexibility index (Phi) is 4.49. The molecule has 0 saturated carbocycles. The van der Waals surface area contributed by atoms with Gasteiger partial charge in [0.15, 0.2) is 18.2 Å². The van der Waals surface area contributed by atoms with Crippen LogP contribution in [0.2, 0.25) is 0 Å². The van der Waals surface area contributed by atoms with Gasteiger partial charge in [-0.3, -0.25) is 4.79 Å². The number of aromatic nitrogens is 2. The van der Waals surface area contributed by atoms with E-state index in [1.165, 1.54) is 30.5 Å². The van der Waals surface area contributed by atoms with E-state index in [0.29, 0.717) is 28.5 Å². The van der Waals surface area contributed by atoms with Gasteiger partial charge in [0.25, 0.3) is 11.8 Å². The molecule has 4 rings (SSSR count). The van der Waals surface area contributed by atoms with Gasteiger partial charge in [-0.25, -0.2) is 4.39 Å². The Hall–Kier alpha value is -3.74. The molecule has 2 aromatic carbocycles. The molecule has 7 heteroatoms. The molecule has 6 nitrogen and oxygen atoms in total. The van der Waals surface area contributed by atoms with Gasteiger partial charge in [-0.1, -0.05) is 0 Å². The lowest BCUT2D eigenvalue weighted by Crippen LogP contribution is -2.01. The zero-order valence-corrected chi connectivity index (χ0v) is 14.0. The van der Waals surface area contributed by atoms with Gasteiger partial charge in [-0.2, -0.15) is 0 Å². The molecule has 4 aromatic rings. The minimum absolute atomic E-state index is 0.0823. The lowest BCUT2D eigenvalue weighted by Gasteiger charge is -2.05. The first-order chi connectivity index (χ1) is 13.2. The molecular formula is C20H13FN2O4. The summed E-state index contributed by atoms with van der Waals surface area (Å²) in [7, 11) is 0. The van der Waals surface area contributed by atoms with Crippen LogP contribution in [-0.2, 0) is 6.61 Å². The molecule has 0 amide bonds. The van der Waals surface area contributed by atoms with Crippen LogP contribution in [0.25, 0.3) is 11.7 Å². The van der Waals surface area contributed by atoms with Crippen LogP contribution in [0.3, 0.4) is 0 Å². The summed E-state index contributed by atoms with van der Waals surface area (Å²) >= 11 is 0. The average Bonchev–Trinajstić information content (AvgIpc) is 3.38. The molecule has 0 saturated heterocycles. The quantitative estimate of drug-likeness (QED) is 0.475. The second-order valence-electron chi connectivity index (χ2n) is 5.63. The predicted molar refractivity (Wildman–Crippen MR) is 92.6 cm³/mol. The molecule has 0 fully saturated rings. The van der Waals surface area contributed by atoms with E-state index in [0.717, 1.165) is 0 Å². The maximum absolute atomic E-state index is 13.0. The SMILES string of the molecule is O=C(c1ccc(F)cc1)c1ccc(OCc2nnc(-c3ccco3)o2)cc1. The minimum Gasteiger partial charge on any atom is -0.484 e. The van der Waals surface area contributed by atoms with E-state index >= 15 is 0 Å². The highest BCUT2D eigenvalue weighted by Crippen LogP contribution is 2.20. The summed E-state index contributed by atoms with van der Waals surface area (Å²) in [5.74, 6) is 1.03. The Morgan fingerprint density at radius 2 is 1.67 bits per heavy atom. The first kappa shape index (κ1) is 16.7. The number of hydrogen-bond donors (Lipinski definition) is 0. The molecule has 0 aliphatic carbocycles. The molecule has 0 atom stereocenters. The van der Waals surface area contributed by atoms with Crippen LogP contribution in [0, 0.1) is 5.82 Å². The Morgan fingerprint density at radius 3 is 2.33 bits per heavy atom. The van der Waals surface area contributed by atoms with E-state index in [1.54, 1.807) is 36.4 Å². The van der Waals surface area contributed by atoms with Crippen LogP contribution < -0.4 is 4.74 Å². The molecule has 0 aliphatic heterocycles. The summed E-state index contributed by atoms with van der Waals surface area (Å²) in [6.45, 7) is 0.0823. The number of carbonyl (C=O) groups excluding carboxylic acids is 1. The fraction of sp³-hybridized carbons (Fsp3) is 0.0500. The second-order valence-corrected chi connectivity index (χ2v) is 5.63. The molecule has 0 aliphatic rings. The maximum Gasteiger partial charge on any atom is 0.283 e. The highest BCUT2D eigenvalue weighted by atomic mass is 19.1. The van der Waals surface area contributed by atoms with E-state index in [4.69, 9.17) is 13.6 Å². The summed E-state index contributed by atoms with van der Waals surface area (Å²) in [4.78, 5) is 12.4. The van der Waals surface area contributed by atoms with Crippen molar-refractivity contribution >= 4 is 5.78 Å². The van der Waals surface area contributed by atoms with Crippen LogP contribution in [0.5, 0.6) is 5.75 Å². The third-order valence-corrected chi connectivity index (χ3v) is 3.78. The number of nitrogens with zero attached hydrogens (tertiary/aromatic N) is 2. The second kappa shape index (κ2) is 7.25. The van der Waals surface area contributed by atoms with Gasteiger partial charge in [0.1, 0.15) is 11.6 Å². The van der Waals surface area contributed by atoms with Crippen molar-refractivity contribution in [3.8, 4) is 17.4 Å². The summed E-state index contributed by atoms with van der Waals surface area (Å²) in [5.41, 5.74) is 0.897. The van der Waals surface area contributed by atoms with Crippen LogP contribution >= 0.6 is 0 Å². The van der Waals surface area contributed by atoms with Gasteiger partial charge < -0.3 is 13.6 Å². The summed E-state index contributed by atoms with van der Waals surface area (Å²) in [6, 6.07) is 15.5. The van der Waals surface area contributed by atoms with Crippen molar-refractivity contribution in [2.45, 2.75) is 6.61 Å². The molecule has 0 bridgehead atoms. The molecule has 2 aromatic heterocycles. The van der Waals surface area contributed by atoms with Crippen molar-refractivity contribution in [3.63, 3.8) is 0 Å². The van der Waals surface area contributed by atoms with Crippen LogP contribution in [0.4, 0.5) is 4.39 Å². The number of benzene rings is 2. The van der Waals surface area contributed by atoms with Crippen LogP contribution in [-0.4, -0.2) is 16.0 Å². The zero-order chi connectivity index (χ0) is 18.6. The zero-order valence-electron chi connectivity index (χ0n) is 14.0. The maximum atomic E-state index is 13.0. The highest BCUT2D eigenvalue weighted by molar-refractivity contribution is 6.08. The number of ether oxygens (including phenoxy) is 1. The summed E-state index contributed by atoms with van der Waals surface area (Å²) < 4.78 is 29.2. The van der Waals surface area contributed by atoms with E-state index in [2.05, 4.69) is 10.2 Å². The van der Waals surface area contributed by atoms with Crippen LogP contribution in [0.15, 0.2) is 75.8 Å². The predicted octanol–water partition coefficient (Wildman–Crippen LogP) is 4.28. The van der Waals surface area contributed by atoms with E-state index < -0.39 is 0 Å². The lowest BCUT2D eigenvalue weighted by molar-refractivity contribution is 0.103. The molecule has 0 spiro atoms. The Morgan fingerprint density at radius 1 is 0.963 bits per heavy atom. The van der Waals surface area contributed by atoms with Gasteiger partial charge in [-0.05, 0) is 60.7 Å². The number of rotatable bonds is 6. The van der Waals surface area contributed by atoms with Crippen molar-refractivity contribution in [1.82, 2.24) is 10.2 Å². The fourth-order valence-electron chi connectivity index (χ4n) is 2.43. The van der Waals surface area contributed by atoms with E-state index in [9.17, 15) is 9.18 Å². The van der Waals surface area contributed by atoms with Crippen molar-refractivity contribution < 1.29 is 22.8 Å². The average molecular weight is 364 g/mol. The first-order valence-corrected chi connectivity index (χ1v) is 8.08. The number of ketones is 1. The Bertz CT molecular complexity index is 1040. The summed E-state index contributed by atoms with van der Waals surface area (Å²) in [6.07, 6.45) is 1.52. The largest absolute Gasteiger partial charge is 0.484 e. The van der Waals surface area contributed by atoms with Gasteiger partial charge in [0, 0.05) is 11.1 Å².